The van der Waals surface area contributed by atoms with Gasteiger partial charge in [0.05, 0.1) is 16.6 Å². The summed E-state index contributed by atoms with van der Waals surface area (Å²) in [5.41, 5.74) is 14.4. The quantitative estimate of drug-likeness (QED) is 0.177. The predicted octanol–water partition coefficient (Wildman–Crippen LogP) is 0.751. The number of carbonyl (C=O) groups excluding carboxylic acids is 1. The number of carboxylic acid groups (broad SMARTS) is 2. The van der Waals surface area contributed by atoms with E-state index >= 15 is 0 Å². The van der Waals surface area contributed by atoms with Crippen LogP contribution in [0.1, 0.15) is 69.0 Å². The number of hydrogen-bond acceptors (Lipinski definition) is 3. The second-order valence-electron chi connectivity index (χ2n) is 10.6. The molecule has 0 saturated carbocycles. The monoisotopic (exact) mass is 555 g/mol. The minimum absolute atomic E-state index is 0.0372. The first-order valence-electron chi connectivity index (χ1n) is 13.4. The highest BCUT2D eigenvalue weighted by Crippen LogP contribution is 2.22. The number of aromatic nitrogens is 4. The third-order valence-corrected chi connectivity index (χ3v) is 7.81. The molecule has 0 atom stereocenters. The number of hydrogen-bond donors (Lipinski definition) is 7. The average molecular weight is 556 g/mol. The highest BCUT2D eigenvalue weighted by Gasteiger charge is 2.18. The van der Waals surface area contributed by atoms with Gasteiger partial charge in [0.2, 0.25) is 0 Å². The summed E-state index contributed by atoms with van der Waals surface area (Å²) in [5, 5.41) is 21.7. The van der Waals surface area contributed by atoms with Crippen LogP contribution < -0.4 is 27.1 Å². The first-order valence-corrected chi connectivity index (χ1v) is 13.4. The number of carbonyl (C=O) groups is 3. The molecule has 8 N–H and O–H groups in total. The molecule has 1 amide bonds. The van der Waals surface area contributed by atoms with E-state index in [2.05, 4.69) is 19.9 Å². The van der Waals surface area contributed by atoms with E-state index < -0.39 is 17.8 Å². The third kappa shape index (κ3) is 5.28. The summed E-state index contributed by atoms with van der Waals surface area (Å²) in [6.45, 7) is 7.73. The normalized spacial score (nSPS) is 12.4. The maximum absolute atomic E-state index is 12.7. The number of carboxylic acids is 2. The Balaban J connectivity index is 1.90. The van der Waals surface area contributed by atoms with Crippen molar-refractivity contribution in [3.63, 3.8) is 0 Å². The number of aryl methyl sites for hydroxylation is 2. The van der Waals surface area contributed by atoms with Crippen LogP contribution in [0, 0.1) is 27.7 Å². The zero-order valence-electron chi connectivity index (χ0n) is 23.4. The molecule has 5 heterocycles. The van der Waals surface area contributed by atoms with Crippen molar-refractivity contribution < 1.29 is 24.6 Å². The Kier molecular flexibility index (Phi) is 7.08. The molecule has 10 heteroatoms. The van der Waals surface area contributed by atoms with Crippen molar-refractivity contribution in [3.05, 3.63) is 89.7 Å². The fourth-order valence-corrected chi connectivity index (χ4v) is 5.62. The number of nitrogens with one attached hydrogen (secondary N) is 4. The molecular weight excluding hydrogens is 522 g/mol. The fourth-order valence-electron chi connectivity index (χ4n) is 5.62. The Morgan fingerprint density at radius 3 is 2.02 bits per heavy atom. The van der Waals surface area contributed by atoms with E-state index in [9.17, 15) is 24.6 Å². The topological polar surface area (TPSA) is 181 Å². The first kappa shape index (κ1) is 27.6. The summed E-state index contributed by atoms with van der Waals surface area (Å²) in [5.74, 6) is -2.36. The van der Waals surface area contributed by atoms with Crippen LogP contribution in [-0.4, -0.2) is 48.0 Å². The van der Waals surface area contributed by atoms with E-state index in [4.69, 9.17) is 5.73 Å². The van der Waals surface area contributed by atoms with Gasteiger partial charge in [0.15, 0.2) is 0 Å². The number of nitrogens with two attached hydrogens (primary N) is 1. The zero-order valence-corrected chi connectivity index (χ0v) is 23.4. The molecular formula is C31H33N5O5. The Bertz CT molecular complexity index is 1980. The second kappa shape index (κ2) is 10.5. The summed E-state index contributed by atoms with van der Waals surface area (Å²) in [7, 11) is 0. The van der Waals surface area contributed by atoms with Crippen LogP contribution in [0.25, 0.3) is 23.8 Å². The zero-order chi connectivity index (χ0) is 29.6. The molecule has 212 valence electrons. The number of primary amides is 1. The van der Waals surface area contributed by atoms with E-state index in [1.807, 2.05) is 58.1 Å². The van der Waals surface area contributed by atoms with Crippen LogP contribution in [0.4, 0.5) is 0 Å². The van der Waals surface area contributed by atoms with Crippen LogP contribution in [0.15, 0.2) is 12.1 Å². The molecule has 0 radical (unpaired) electrons. The Morgan fingerprint density at radius 2 is 1.37 bits per heavy atom. The lowest BCUT2D eigenvalue weighted by molar-refractivity contribution is -0.138. The molecule has 0 fully saturated rings. The van der Waals surface area contributed by atoms with Gasteiger partial charge >= 0.3 is 11.9 Å². The van der Waals surface area contributed by atoms with E-state index in [0.29, 0.717) is 29.5 Å². The lowest BCUT2D eigenvalue weighted by Crippen LogP contribution is -2.25. The highest BCUT2D eigenvalue weighted by atomic mass is 16.4. The molecule has 0 unspecified atom stereocenters. The van der Waals surface area contributed by atoms with E-state index in [0.717, 1.165) is 66.5 Å². The summed E-state index contributed by atoms with van der Waals surface area (Å²) in [6.07, 6.45) is 6.37. The summed E-state index contributed by atoms with van der Waals surface area (Å²) in [4.78, 5) is 49.3. The lowest BCUT2D eigenvalue weighted by atomic mass is 10.0. The molecule has 0 aromatic carbocycles. The van der Waals surface area contributed by atoms with E-state index in [-0.39, 0.29) is 12.8 Å². The highest BCUT2D eigenvalue weighted by molar-refractivity contribution is 6.17. The Hall–Kier alpha value is -4.99. The van der Waals surface area contributed by atoms with Crippen molar-refractivity contribution in [2.75, 3.05) is 0 Å². The lowest BCUT2D eigenvalue weighted by Gasteiger charge is -2.02. The van der Waals surface area contributed by atoms with Crippen LogP contribution in [0.5, 0.6) is 0 Å². The van der Waals surface area contributed by atoms with Crippen molar-refractivity contribution in [2.24, 2.45) is 5.73 Å². The summed E-state index contributed by atoms with van der Waals surface area (Å²) < 4.78 is 0. The number of fused-ring (bicyclic) bond motifs is 8. The molecule has 1 aliphatic heterocycles. The minimum Gasteiger partial charge on any atom is -0.481 e. The largest absolute Gasteiger partial charge is 0.481 e. The van der Waals surface area contributed by atoms with Crippen molar-refractivity contribution >= 4 is 41.6 Å². The smallest absolute Gasteiger partial charge is 0.303 e. The van der Waals surface area contributed by atoms with Crippen molar-refractivity contribution in [1.29, 1.82) is 0 Å². The maximum atomic E-state index is 12.7. The SMILES string of the molecule is Cc1cc2[nH]c1C=c1[nH]c(c(CCC(=O)O)c1C)=Cc1[nH]c(c(C)c1CCC(=O)O)C=c1cc(C)c([nH]1)=C2C(N)=O. The van der Waals surface area contributed by atoms with Crippen LogP contribution >= 0.6 is 0 Å². The van der Waals surface area contributed by atoms with Gasteiger partial charge in [0, 0.05) is 46.0 Å². The standard InChI is InChI=1S/C31H33N5O5/c1-14-10-26-29(31(32)41)30-15(2)9-18(33-30)11-22-16(3)19(5-7-27(37)38)24(35-22)13-25-20(6-8-28(39)40)17(4)23(36-25)12-21(14)34-26/h9-13,33-36H,5-8H2,1-4H3,(H2,32,41)(H,37,38)(H,39,40). The number of aliphatic carboxylic acids is 2. The Morgan fingerprint density at radius 1 is 0.707 bits per heavy atom. The van der Waals surface area contributed by atoms with Gasteiger partial charge in [0.1, 0.15) is 0 Å². The first-order chi connectivity index (χ1) is 19.4. The van der Waals surface area contributed by atoms with E-state index in [1.165, 1.54) is 0 Å². The van der Waals surface area contributed by atoms with Gasteiger partial charge < -0.3 is 35.9 Å². The summed E-state index contributed by atoms with van der Waals surface area (Å²) >= 11 is 0. The molecule has 4 aromatic heterocycles. The van der Waals surface area contributed by atoms with Crippen molar-refractivity contribution in [2.45, 2.75) is 53.4 Å². The molecule has 41 heavy (non-hydrogen) atoms. The van der Waals surface area contributed by atoms with Crippen molar-refractivity contribution in [1.82, 2.24) is 19.9 Å². The van der Waals surface area contributed by atoms with Crippen LogP contribution in [0.3, 0.4) is 0 Å². The Labute approximate surface area is 235 Å². The predicted molar refractivity (Wildman–Crippen MR) is 155 cm³/mol. The van der Waals surface area contributed by atoms with E-state index in [1.54, 1.807) is 0 Å². The molecule has 1 aliphatic rings. The average Bonchev–Trinajstić information content (AvgIpc) is 3.58. The number of aromatic amines is 4. The van der Waals surface area contributed by atoms with Gasteiger partial charge in [-0.25, -0.2) is 0 Å². The van der Waals surface area contributed by atoms with Gasteiger partial charge in [-0.05, 0) is 104 Å². The van der Waals surface area contributed by atoms with Crippen molar-refractivity contribution in [3.8, 4) is 0 Å². The summed E-state index contributed by atoms with van der Waals surface area (Å²) in [6, 6.07) is 3.82. The molecule has 5 rings (SSSR count). The van der Waals surface area contributed by atoms with Gasteiger partial charge in [0.25, 0.3) is 5.91 Å². The fraction of sp³-hybridized carbons (Fsp3) is 0.258. The molecule has 0 aliphatic carbocycles. The minimum atomic E-state index is -0.894. The third-order valence-electron chi connectivity index (χ3n) is 7.81. The molecule has 0 saturated heterocycles. The van der Waals surface area contributed by atoms with Crippen LogP contribution in [-0.2, 0) is 27.2 Å². The molecule has 4 aromatic rings. The van der Waals surface area contributed by atoms with Gasteiger partial charge in [-0.1, -0.05) is 0 Å². The number of rotatable bonds is 7. The number of H-pyrrole nitrogens is 4. The maximum Gasteiger partial charge on any atom is 0.303 e. The molecule has 0 spiro atoms. The molecule has 10 nitrogen and oxygen atoms in total. The second-order valence-corrected chi connectivity index (χ2v) is 10.6. The number of amides is 1. The van der Waals surface area contributed by atoms with Gasteiger partial charge in [-0.2, -0.15) is 0 Å². The van der Waals surface area contributed by atoms with Gasteiger partial charge in [-0.3, -0.25) is 14.4 Å². The molecule has 8 bridgehead atoms. The van der Waals surface area contributed by atoms with Crippen LogP contribution in [0.2, 0.25) is 0 Å². The van der Waals surface area contributed by atoms with Gasteiger partial charge in [-0.15, -0.1) is 0 Å².